The first-order valence-electron chi connectivity index (χ1n) is 8.61. The summed E-state index contributed by atoms with van der Waals surface area (Å²) in [4.78, 5) is 4.83. The molecule has 0 heterocycles. The number of halogens is 2. The lowest BCUT2D eigenvalue weighted by atomic mass is 10.2. The molecule has 0 aliphatic heterocycles. The van der Waals surface area contributed by atoms with Gasteiger partial charge < -0.3 is 10.6 Å². The van der Waals surface area contributed by atoms with Crippen LogP contribution < -0.4 is 10.6 Å². The van der Waals surface area contributed by atoms with Crippen molar-refractivity contribution >= 4 is 51.6 Å². The summed E-state index contributed by atoms with van der Waals surface area (Å²) in [5.74, 6) is 0.683. The molecule has 0 aromatic heterocycles. The molecule has 0 saturated carbocycles. The van der Waals surface area contributed by atoms with Crippen LogP contribution in [0.2, 0.25) is 5.02 Å². The minimum atomic E-state index is -3.41. The van der Waals surface area contributed by atoms with E-state index in [4.69, 9.17) is 11.6 Å². The van der Waals surface area contributed by atoms with E-state index >= 15 is 0 Å². The summed E-state index contributed by atoms with van der Waals surface area (Å²) in [6, 6.07) is 14.4. The number of hydrogen-bond donors (Lipinski definition) is 2. The van der Waals surface area contributed by atoms with E-state index in [1.165, 1.54) is 18.4 Å². The molecule has 2 aromatic rings. The number of rotatable bonds is 7. The summed E-state index contributed by atoms with van der Waals surface area (Å²) in [5.41, 5.74) is 1.99. The van der Waals surface area contributed by atoms with Gasteiger partial charge in [0.05, 0.1) is 11.4 Å². The summed E-state index contributed by atoms with van der Waals surface area (Å²) in [6.07, 6.45) is 0. The highest BCUT2D eigenvalue weighted by Gasteiger charge is 2.16. The average Bonchev–Trinajstić information content (AvgIpc) is 2.64. The Morgan fingerprint density at radius 2 is 1.75 bits per heavy atom. The van der Waals surface area contributed by atoms with Gasteiger partial charge in [-0.15, -0.1) is 24.0 Å². The first kappa shape index (κ1) is 24.7. The van der Waals surface area contributed by atoms with Crippen LogP contribution in [0.5, 0.6) is 0 Å². The minimum Gasteiger partial charge on any atom is -0.357 e. The van der Waals surface area contributed by atoms with Crippen molar-refractivity contribution in [2.75, 3.05) is 20.6 Å². The van der Waals surface area contributed by atoms with Crippen LogP contribution in [0.3, 0.4) is 0 Å². The van der Waals surface area contributed by atoms with Crippen LogP contribution in [0.15, 0.2) is 58.4 Å². The lowest BCUT2D eigenvalue weighted by molar-refractivity contribution is 0.520. The Morgan fingerprint density at radius 1 is 1.07 bits per heavy atom. The van der Waals surface area contributed by atoms with E-state index in [9.17, 15) is 8.42 Å². The van der Waals surface area contributed by atoms with Crippen LogP contribution in [0.1, 0.15) is 18.1 Å². The third-order valence-electron chi connectivity index (χ3n) is 3.81. The first-order chi connectivity index (χ1) is 12.8. The monoisotopic (exact) mass is 536 g/mol. The SMILES string of the molecule is CCNC(=NCc1cccc(Cl)c1)NCc1ccc(S(=O)(=O)N(C)C)cc1.I. The predicted octanol–water partition coefficient (Wildman–Crippen LogP) is 3.46. The zero-order valence-electron chi connectivity index (χ0n) is 16.1. The summed E-state index contributed by atoms with van der Waals surface area (Å²) >= 11 is 6.00. The van der Waals surface area contributed by atoms with Crippen LogP contribution in [-0.2, 0) is 23.1 Å². The van der Waals surface area contributed by atoms with Crippen molar-refractivity contribution in [3.63, 3.8) is 0 Å². The second kappa shape index (κ2) is 11.6. The number of nitrogens with one attached hydrogen (secondary N) is 2. The van der Waals surface area contributed by atoms with Crippen LogP contribution in [0.25, 0.3) is 0 Å². The lowest BCUT2D eigenvalue weighted by Crippen LogP contribution is -2.36. The number of aliphatic imine (C=N–C) groups is 1. The Morgan fingerprint density at radius 3 is 2.32 bits per heavy atom. The molecule has 9 heteroatoms. The summed E-state index contributed by atoms with van der Waals surface area (Å²) < 4.78 is 25.4. The fourth-order valence-electron chi connectivity index (χ4n) is 2.32. The van der Waals surface area contributed by atoms with Gasteiger partial charge in [0.15, 0.2) is 5.96 Å². The summed E-state index contributed by atoms with van der Waals surface area (Å²) in [6.45, 7) is 3.78. The highest BCUT2D eigenvalue weighted by atomic mass is 127. The Bertz CT molecular complexity index is 887. The van der Waals surface area contributed by atoms with Crippen LogP contribution in [0.4, 0.5) is 0 Å². The fraction of sp³-hybridized carbons (Fsp3) is 0.316. The maximum atomic E-state index is 12.1. The maximum Gasteiger partial charge on any atom is 0.242 e. The maximum absolute atomic E-state index is 12.1. The van der Waals surface area contributed by atoms with Gasteiger partial charge in [-0.2, -0.15) is 0 Å². The normalized spacial score (nSPS) is 11.8. The molecule has 2 N–H and O–H groups in total. The van der Waals surface area contributed by atoms with Gasteiger partial charge in [0.25, 0.3) is 0 Å². The van der Waals surface area contributed by atoms with Crippen molar-refractivity contribution in [2.45, 2.75) is 24.9 Å². The predicted molar refractivity (Wildman–Crippen MR) is 126 cm³/mol. The molecule has 0 spiro atoms. The van der Waals surface area contributed by atoms with Gasteiger partial charge in [-0.05, 0) is 42.3 Å². The smallest absolute Gasteiger partial charge is 0.242 e. The van der Waals surface area contributed by atoms with Gasteiger partial charge in [-0.1, -0.05) is 35.9 Å². The van der Waals surface area contributed by atoms with Gasteiger partial charge in [-0.3, -0.25) is 0 Å². The van der Waals surface area contributed by atoms with Crippen LogP contribution in [-0.4, -0.2) is 39.3 Å². The topological polar surface area (TPSA) is 73.8 Å². The molecule has 0 unspecified atom stereocenters. The number of guanidine groups is 1. The van der Waals surface area contributed by atoms with E-state index in [-0.39, 0.29) is 28.9 Å². The average molecular weight is 537 g/mol. The van der Waals surface area contributed by atoms with Crippen molar-refractivity contribution in [1.82, 2.24) is 14.9 Å². The van der Waals surface area contributed by atoms with Gasteiger partial charge in [-0.25, -0.2) is 17.7 Å². The molecule has 154 valence electrons. The highest BCUT2D eigenvalue weighted by molar-refractivity contribution is 14.0. The number of hydrogen-bond acceptors (Lipinski definition) is 3. The zero-order chi connectivity index (χ0) is 19.9. The van der Waals surface area contributed by atoms with E-state index in [0.29, 0.717) is 24.1 Å². The molecule has 28 heavy (non-hydrogen) atoms. The molecular formula is C19H26ClIN4O2S. The quantitative estimate of drug-likeness (QED) is 0.323. The second-order valence-electron chi connectivity index (χ2n) is 6.11. The second-order valence-corrected chi connectivity index (χ2v) is 8.70. The zero-order valence-corrected chi connectivity index (χ0v) is 20.0. The van der Waals surface area contributed by atoms with E-state index in [1.807, 2.05) is 31.2 Å². The number of sulfonamides is 1. The molecule has 0 atom stereocenters. The molecule has 0 saturated heterocycles. The van der Waals surface area contributed by atoms with E-state index in [0.717, 1.165) is 17.7 Å². The Labute approximate surface area is 189 Å². The summed E-state index contributed by atoms with van der Waals surface area (Å²) in [7, 11) is -0.375. The standard InChI is InChI=1S/C19H25ClN4O2S.HI/c1-4-21-19(23-14-16-6-5-7-17(20)12-16)22-13-15-8-10-18(11-9-15)27(25,26)24(2)3;/h5-12H,4,13-14H2,1-3H3,(H2,21,22,23);1H. The van der Waals surface area contributed by atoms with Crippen LogP contribution >= 0.6 is 35.6 Å². The Kier molecular flexibility index (Phi) is 10.2. The Hall–Kier alpha value is -1.36. The van der Waals surface area contributed by atoms with Crippen LogP contribution in [0, 0.1) is 0 Å². The first-order valence-corrected chi connectivity index (χ1v) is 10.4. The molecule has 0 amide bonds. The molecule has 0 radical (unpaired) electrons. The summed E-state index contributed by atoms with van der Waals surface area (Å²) in [5, 5.41) is 7.13. The number of benzene rings is 2. The van der Waals surface area contributed by atoms with Gasteiger partial charge in [0.1, 0.15) is 0 Å². The van der Waals surface area contributed by atoms with E-state index in [2.05, 4.69) is 15.6 Å². The molecule has 0 aliphatic carbocycles. The molecule has 2 aromatic carbocycles. The minimum absolute atomic E-state index is 0. The molecule has 0 fully saturated rings. The van der Waals surface area contributed by atoms with Crippen molar-refractivity contribution < 1.29 is 8.42 Å². The van der Waals surface area contributed by atoms with Crippen molar-refractivity contribution in [1.29, 1.82) is 0 Å². The van der Waals surface area contributed by atoms with E-state index < -0.39 is 10.0 Å². The van der Waals surface area contributed by atoms with Crippen molar-refractivity contribution in [3.8, 4) is 0 Å². The molecule has 0 aliphatic rings. The molecule has 6 nitrogen and oxygen atoms in total. The van der Waals surface area contributed by atoms with Crippen molar-refractivity contribution in [2.24, 2.45) is 4.99 Å². The highest BCUT2D eigenvalue weighted by Crippen LogP contribution is 2.14. The molecule has 0 bridgehead atoms. The van der Waals surface area contributed by atoms with Gasteiger partial charge in [0.2, 0.25) is 10.0 Å². The fourth-order valence-corrected chi connectivity index (χ4v) is 3.44. The Balaban J connectivity index is 0.00000392. The lowest BCUT2D eigenvalue weighted by Gasteiger charge is -2.13. The number of nitrogens with zero attached hydrogens (tertiary/aromatic N) is 2. The third-order valence-corrected chi connectivity index (χ3v) is 5.88. The van der Waals surface area contributed by atoms with Gasteiger partial charge >= 0.3 is 0 Å². The molecular weight excluding hydrogens is 511 g/mol. The molecule has 2 rings (SSSR count). The third kappa shape index (κ3) is 7.23. The van der Waals surface area contributed by atoms with Gasteiger partial charge in [0, 0.05) is 32.2 Å². The van der Waals surface area contributed by atoms with E-state index in [1.54, 1.807) is 24.3 Å². The largest absolute Gasteiger partial charge is 0.357 e. The van der Waals surface area contributed by atoms with Crippen molar-refractivity contribution in [3.05, 3.63) is 64.7 Å².